The molecule has 0 unspecified atom stereocenters. The lowest BCUT2D eigenvalue weighted by molar-refractivity contribution is 0.758. The molecular weight excluding hydrogens is 134 g/mol. The lowest BCUT2D eigenvalue weighted by Crippen LogP contribution is -2.03. The van der Waals surface area contributed by atoms with Crippen LogP contribution in [0.25, 0.3) is 0 Å². The summed E-state index contributed by atoms with van der Waals surface area (Å²) in [4.78, 5) is 4.56. The molecule has 0 saturated heterocycles. The van der Waals surface area contributed by atoms with E-state index in [-0.39, 0.29) is 0 Å². The average molecular weight is 151 g/mol. The van der Waals surface area contributed by atoms with E-state index < -0.39 is 0 Å². The van der Waals surface area contributed by atoms with Crippen molar-refractivity contribution in [2.75, 3.05) is 0 Å². The second-order valence-corrected chi connectivity index (χ2v) is 3.75. The zero-order valence-electron chi connectivity index (χ0n) is 7.89. The van der Waals surface area contributed by atoms with Crippen LogP contribution in [0.15, 0.2) is 16.8 Å². The molecule has 0 spiro atoms. The van der Waals surface area contributed by atoms with Crippen LogP contribution in [-0.4, -0.2) is 5.71 Å². The molecule has 0 N–H and O–H groups in total. The molecule has 0 aromatic carbocycles. The van der Waals surface area contributed by atoms with Crippen molar-refractivity contribution in [3.05, 3.63) is 11.8 Å². The number of nitrogens with zero attached hydrogens (tertiary/aromatic N) is 1. The summed E-state index contributed by atoms with van der Waals surface area (Å²) >= 11 is 0. The number of allylic oxidation sites excluding steroid dienone is 2. The zero-order valence-corrected chi connectivity index (χ0v) is 7.89. The van der Waals surface area contributed by atoms with Crippen LogP contribution in [0.1, 0.15) is 34.1 Å². The summed E-state index contributed by atoms with van der Waals surface area (Å²) in [7, 11) is 0. The minimum absolute atomic E-state index is 0.589. The quantitative estimate of drug-likeness (QED) is 0.575. The maximum Gasteiger partial charge on any atom is 0.0392 e. The number of aliphatic imine (C=N–C) groups is 1. The normalized spacial score (nSPS) is 17.6. The molecule has 1 aliphatic heterocycles. The predicted molar refractivity (Wildman–Crippen MR) is 49.8 cm³/mol. The second-order valence-electron chi connectivity index (χ2n) is 3.75. The highest BCUT2D eigenvalue weighted by atomic mass is 14.8. The molecule has 1 nitrogen and oxygen atoms in total. The van der Waals surface area contributed by atoms with Gasteiger partial charge >= 0.3 is 0 Å². The minimum atomic E-state index is 0.589. The average Bonchev–Trinajstić information content (AvgIpc) is 2.33. The lowest BCUT2D eigenvalue weighted by Gasteiger charge is -2.03. The van der Waals surface area contributed by atoms with Gasteiger partial charge in [0.2, 0.25) is 0 Å². The molecule has 0 radical (unpaired) electrons. The summed E-state index contributed by atoms with van der Waals surface area (Å²) in [5.41, 5.74) is 2.61. The monoisotopic (exact) mass is 151 g/mol. The van der Waals surface area contributed by atoms with E-state index in [0.717, 1.165) is 6.42 Å². The molecule has 1 rings (SSSR count). The third kappa shape index (κ3) is 1.92. The number of hydrogen-bond donors (Lipinski definition) is 0. The third-order valence-corrected chi connectivity index (χ3v) is 2.05. The van der Waals surface area contributed by atoms with Crippen LogP contribution in [0.4, 0.5) is 0 Å². The van der Waals surface area contributed by atoms with Crippen molar-refractivity contribution in [3.8, 4) is 0 Å². The Morgan fingerprint density at radius 1 is 1.18 bits per heavy atom. The smallest absolute Gasteiger partial charge is 0.0392 e. The van der Waals surface area contributed by atoms with Gasteiger partial charge in [-0.05, 0) is 11.8 Å². The molecule has 0 aliphatic carbocycles. The van der Waals surface area contributed by atoms with Crippen molar-refractivity contribution < 1.29 is 0 Å². The minimum Gasteiger partial charge on any atom is -0.262 e. The van der Waals surface area contributed by atoms with Crippen molar-refractivity contribution in [3.63, 3.8) is 0 Å². The fourth-order valence-corrected chi connectivity index (χ4v) is 1.20. The summed E-state index contributed by atoms with van der Waals surface area (Å²) in [6.07, 6.45) is 3.32. The maximum atomic E-state index is 4.56. The van der Waals surface area contributed by atoms with Crippen LogP contribution in [0.3, 0.4) is 0 Å². The van der Waals surface area contributed by atoms with E-state index in [4.69, 9.17) is 0 Å². The van der Waals surface area contributed by atoms with Crippen molar-refractivity contribution in [1.82, 2.24) is 0 Å². The molecule has 0 aromatic heterocycles. The first kappa shape index (κ1) is 8.51. The van der Waals surface area contributed by atoms with E-state index in [1.54, 1.807) is 0 Å². The molecule has 1 heterocycles. The van der Waals surface area contributed by atoms with Crippen molar-refractivity contribution in [1.29, 1.82) is 0 Å². The van der Waals surface area contributed by atoms with Gasteiger partial charge in [-0.25, -0.2) is 0 Å². The lowest BCUT2D eigenvalue weighted by atomic mass is 10.1. The van der Waals surface area contributed by atoms with E-state index in [9.17, 15) is 0 Å². The fraction of sp³-hybridized carbons (Fsp3) is 0.700. The van der Waals surface area contributed by atoms with Crippen molar-refractivity contribution >= 4 is 5.71 Å². The Hall–Kier alpha value is -0.590. The molecule has 0 atom stereocenters. The highest BCUT2D eigenvalue weighted by Crippen LogP contribution is 2.21. The molecule has 0 amide bonds. The summed E-state index contributed by atoms with van der Waals surface area (Å²) in [6, 6.07) is 0. The van der Waals surface area contributed by atoms with E-state index in [1.807, 2.05) is 0 Å². The van der Waals surface area contributed by atoms with Crippen LogP contribution >= 0.6 is 0 Å². The van der Waals surface area contributed by atoms with E-state index in [2.05, 4.69) is 38.8 Å². The Morgan fingerprint density at radius 2 is 1.82 bits per heavy atom. The van der Waals surface area contributed by atoms with Crippen molar-refractivity contribution in [2.24, 2.45) is 16.8 Å². The first-order chi connectivity index (χ1) is 5.11. The predicted octanol–water partition coefficient (Wildman–Crippen LogP) is 3.03. The Balaban J connectivity index is 2.63. The summed E-state index contributed by atoms with van der Waals surface area (Å²) in [5.74, 6) is 1.20. The molecule has 0 saturated carbocycles. The molecule has 11 heavy (non-hydrogen) atoms. The molecule has 0 aromatic rings. The van der Waals surface area contributed by atoms with Gasteiger partial charge in [-0.1, -0.05) is 33.8 Å². The molecule has 0 bridgehead atoms. The molecule has 1 heteroatoms. The topological polar surface area (TPSA) is 12.4 Å². The van der Waals surface area contributed by atoms with Gasteiger partial charge in [0, 0.05) is 17.8 Å². The van der Waals surface area contributed by atoms with Crippen LogP contribution in [0, 0.1) is 11.8 Å². The van der Waals surface area contributed by atoms with Gasteiger partial charge in [0.1, 0.15) is 0 Å². The van der Waals surface area contributed by atoms with Crippen LogP contribution in [0.2, 0.25) is 0 Å². The summed E-state index contributed by atoms with van der Waals surface area (Å²) < 4.78 is 0. The first-order valence-electron chi connectivity index (χ1n) is 4.38. The Kier molecular flexibility index (Phi) is 2.48. The van der Waals surface area contributed by atoms with Crippen LogP contribution < -0.4 is 0 Å². The van der Waals surface area contributed by atoms with Gasteiger partial charge in [-0.15, -0.1) is 0 Å². The molecule has 1 aliphatic rings. The Labute approximate surface area is 69.2 Å². The second kappa shape index (κ2) is 3.21. The van der Waals surface area contributed by atoms with Gasteiger partial charge < -0.3 is 0 Å². The van der Waals surface area contributed by atoms with Gasteiger partial charge in [0.15, 0.2) is 0 Å². The van der Waals surface area contributed by atoms with E-state index in [0.29, 0.717) is 11.8 Å². The van der Waals surface area contributed by atoms with Gasteiger partial charge in [0.05, 0.1) is 0 Å². The van der Waals surface area contributed by atoms with Gasteiger partial charge in [-0.3, -0.25) is 4.99 Å². The molecule has 0 fully saturated rings. The first-order valence-corrected chi connectivity index (χ1v) is 4.38. The fourth-order valence-electron chi connectivity index (χ4n) is 1.20. The van der Waals surface area contributed by atoms with E-state index >= 15 is 0 Å². The highest BCUT2D eigenvalue weighted by Gasteiger charge is 2.13. The van der Waals surface area contributed by atoms with Gasteiger partial charge in [-0.2, -0.15) is 0 Å². The Bertz CT molecular complexity index is 197. The molecular formula is C10H17N. The SMILES string of the molecule is CC(C)C1=CCC(C(C)C)=N1. The number of rotatable bonds is 2. The third-order valence-electron chi connectivity index (χ3n) is 2.05. The Morgan fingerprint density at radius 3 is 2.09 bits per heavy atom. The maximum absolute atomic E-state index is 4.56. The summed E-state index contributed by atoms with van der Waals surface area (Å²) in [5, 5.41) is 0. The highest BCUT2D eigenvalue weighted by molar-refractivity contribution is 5.90. The van der Waals surface area contributed by atoms with Crippen molar-refractivity contribution in [2.45, 2.75) is 34.1 Å². The molecule has 62 valence electrons. The largest absolute Gasteiger partial charge is 0.262 e. The van der Waals surface area contributed by atoms with E-state index in [1.165, 1.54) is 11.4 Å². The van der Waals surface area contributed by atoms with Gasteiger partial charge in [0.25, 0.3) is 0 Å². The summed E-state index contributed by atoms with van der Waals surface area (Å²) in [6.45, 7) is 8.79. The zero-order chi connectivity index (χ0) is 8.43. The van der Waals surface area contributed by atoms with Crippen LogP contribution in [0.5, 0.6) is 0 Å². The van der Waals surface area contributed by atoms with Crippen LogP contribution in [-0.2, 0) is 0 Å². The number of hydrogen-bond acceptors (Lipinski definition) is 1. The standard InChI is InChI=1S/C10H17N/c1-7(2)9-5-6-10(11-9)8(3)4/h5,7-8H,6H2,1-4H3.